The third kappa shape index (κ3) is 1.99. The van der Waals surface area contributed by atoms with Gasteiger partial charge in [-0.2, -0.15) is 0 Å². The first kappa shape index (κ1) is 15.2. The van der Waals surface area contributed by atoms with Crippen LogP contribution in [-0.2, 0) is 0 Å². The highest BCUT2D eigenvalue weighted by atomic mass is 16.5. The summed E-state index contributed by atoms with van der Waals surface area (Å²) in [5, 5.41) is 58.7. The van der Waals surface area contributed by atoms with Gasteiger partial charge in [-0.1, -0.05) is 30.3 Å². The standard InChI is InChI=1S/C15H12N2O7/c18-8-6-9(19)16(13(8)21)11-10(14(22)17(24)15(11)23)12(20)7-4-2-1-3-5-7/h1-6,18-19,21-24H. The zero-order chi connectivity index (χ0) is 17.6. The van der Waals surface area contributed by atoms with Gasteiger partial charge >= 0.3 is 0 Å². The van der Waals surface area contributed by atoms with E-state index in [-0.39, 0.29) is 10.3 Å². The van der Waals surface area contributed by atoms with Crippen LogP contribution in [0.25, 0.3) is 5.69 Å². The Kier molecular flexibility index (Phi) is 3.26. The summed E-state index contributed by atoms with van der Waals surface area (Å²) in [4.78, 5) is 12.6. The Labute approximate surface area is 134 Å². The van der Waals surface area contributed by atoms with E-state index in [0.717, 1.165) is 6.07 Å². The lowest BCUT2D eigenvalue weighted by Crippen LogP contribution is -2.05. The molecule has 0 spiro atoms. The van der Waals surface area contributed by atoms with Crippen LogP contribution in [0.5, 0.6) is 29.3 Å². The van der Waals surface area contributed by atoms with Crippen LogP contribution in [0.4, 0.5) is 0 Å². The predicted octanol–water partition coefficient (Wildman–Crippen LogP) is 1.28. The lowest BCUT2D eigenvalue weighted by molar-refractivity contribution is 0.102. The van der Waals surface area contributed by atoms with E-state index in [9.17, 15) is 35.5 Å². The fourth-order valence-corrected chi connectivity index (χ4v) is 2.37. The average Bonchev–Trinajstić information content (AvgIpc) is 2.95. The molecule has 0 bridgehead atoms. The van der Waals surface area contributed by atoms with E-state index in [1.165, 1.54) is 12.1 Å². The summed E-state index contributed by atoms with van der Waals surface area (Å²) < 4.78 is 0.425. The molecule has 24 heavy (non-hydrogen) atoms. The minimum atomic E-state index is -1.02. The Bertz CT molecular complexity index is 941. The molecule has 0 saturated carbocycles. The Morgan fingerprint density at radius 3 is 2.04 bits per heavy atom. The largest absolute Gasteiger partial charge is 0.503 e. The molecule has 124 valence electrons. The first-order valence-electron chi connectivity index (χ1n) is 6.63. The van der Waals surface area contributed by atoms with Crippen molar-refractivity contribution in [3.05, 3.63) is 47.5 Å². The van der Waals surface area contributed by atoms with Crippen molar-refractivity contribution in [2.75, 3.05) is 0 Å². The van der Waals surface area contributed by atoms with E-state index in [0.29, 0.717) is 4.57 Å². The molecule has 0 saturated heterocycles. The molecule has 0 unspecified atom stereocenters. The maximum absolute atomic E-state index is 12.6. The summed E-state index contributed by atoms with van der Waals surface area (Å²) in [6.45, 7) is 0. The Hall–Kier alpha value is -3.75. The van der Waals surface area contributed by atoms with Crippen LogP contribution in [-0.4, -0.2) is 45.8 Å². The highest BCUT2D eigenvalue weighted by Crippen LogP contribution is 2.44. The number of carbonyl (C=O) groups excluding carboxylic acids is 1. The second kappa shape index (κ2) is 5.16. The smallest absolute Gasteiger partial charge is 0.254 e. The first-order valence-corrected chi connectivity index (χ1v) is 6.63. The fraction of sp³-hybridized carbons (Fsp3) is 0. The van der Waals surface area contributed by atoms with Gasteiger partial charge in [-0.3, -0.25) is 4.79 Å². The maximum atomic E-state index is 12.6. The molecule has 0 aliphatic carbocycles. The van der Waals surface area contributed by atoms with Crippen molar-refractivity contribution in [3.63, 3.8) is 0 Å². The quantitative estimate of drug-likeness (QED) is 0.312. The maximum Gasteiger partial charge on any atom is 0.254 e. The SMILES string of the molecule is O=C(c1ccccc1)c1c(-n2c(O)cc(O)c2O)c(O)n(O)c1O. The topological polar surface area (TPSA) is 148 Å². The molecule has 3 aromatic rings. The zero-order valence-electron chi connectivity index (χ0n) is 12.0. The average molecular weight is 332 g/mol. The van der Waals surface area contributed by atoms with E-state index in [4.69, 9.17) is 0 Å². The lowest BCUT2D eigenvalue weighted by Gasteiger charge is -2.08. The third-order valence-corrected chi connectivity index (χ3v) is 3.50. The number of hydrogen-bond donors (Lipinski definition) is 6. The Morgan fingerprint density at radius 2 is 1.50 bits per heavy atom. The van der Waals surface area contributed by atoms with Crippen LogP contribution >= 0.6 is 0 Å². The van der Waals surface area contributed by atoms with Crippen LogP contribution in [0.3, 0.4) is 0 Å². The summed E-state index contributed by atoms with van der Waals surface area (Å²) >= 11 is 0. The number of aromatic hydroxyl groups is 5. The summed E-state index contributed by atoms with van der Waals surface area (Å²) in [5.41, 5.74) is -1.06. The molecule has 3 rings (SSSR count). The molecule has 0 aliphatic rings. The van der Waals surface area contributed by atoms with Gasteiger partial charge in [0.1, 0.15) is 11.3 Å². The van der Waals surface area contributed by atoms with Gasteiger partial charge in [0.05, 0.1) is 0 Å². The normalized spacial score (nSPS) is 10.8. The summed E-state index contributed by atoms with van der Waals surface area (Å²) in [6.07, 6.45) is 0. The minimum absolute atomic E-state index is 0.0819. The molecule has 0 fully saturated rings. The predicted molar refractivity (Wildman–Crippen MR) is 79.1 cm³/mol. The van der Waals surface area contributed by atoms with Crippen molar-refractivity contribution >= 4 is 5.78 Å². The highest BCUT2D eigenvalue weighted by molar-refractivity contribution is 6.13. The van der Waals surface area contributed by atoms with Gasteiger partial charge in [0, 0.05) is 11.6 Å². The van der Waals surface area contributed by atoms with Crippen molar-refractivity contribution in [2.45, 2.75) is 0 Å². The molecule has 0 atom stereocenters. The number of benzene rings is 1. The lowest BCUT2D eigenvalue weighted by atomic mass is 10.0. The van der Waals surface area contributed by atoms with Crippen LogP contribution < -0.4 is 0 Å². The van der Waals surface area contributed by atoms with Gasteiger partial charge in [-0.15, -0.1) is 4.73 Å². The van der Waals surface area contributed by atoms with Crippen molar-refractivity contribution in [1.29, 1.82) is 0 Å². The molecule has 9 nitrogen and oxygen atoms in total. The third-order valence-electron chi connectivity index (χ3n) is 3.50. The van der Waals surface area contributed by atoms with Crippen molar-refractivity contribution in [3.8, 4) is 35.0 Å². The molecule has 9 heteroatoms. The monoisotopic (exact) mass is 332 g/mol. The van der Waals surface area contributed by atoms with Gasteiger partial charge in [0.15, 0.2) is 5.75 Å². The molecule has 0 amide bonds. The minimum Gasteiger partial charge on any atom is -0.503 e. The van der Waals surface area contributed by atoms with Crippen LogP contribution in [0.2, 0.25) is 0 Å². The Balaban J connectivity index is 2.32. The molecule has 2 heterocycles. The second-order valence-electron chi connectivity index (χ2n) is 4.92. The highest BCUT2D eigenvalue weighted by Gasteiger charge is 2.32. The number of carbonyl (C=O) groups is 1. The van der Waals surface area contributed by atoms with Gasteiger partial charge in [-0.25, -0.2) is 4.57 Å². The van der Waals surface area contributed by atoms with E-state index in [1.807, 2.05) is 0 Å². The molecule has 6 N–H and O–H groups in total. The van der Waals surface area contributed by atoms with Crippen LogP contribution in [0.15, 0.2) is 36.4 Å². The van der Waals surface area contributed by atoms with E-state index in [2.05, 4.69) is 0 Å². The number of aromatic nitrogens is 2. The van der Waals surface area contributed by atoms with E-state index < -0.39 is 46.3 Å². The Morgan fingerprint density at radius 1 is 0.875 bits per heavy atom. The molecule has 1 aromatic carbocycles. The van der Waals surface area contributed by atoms with E-state index >= 15 is 0 Å². The zero-order valence-corrected chi connectivity index (χ0v) is 12.0. The number of hydrogen-bond acceptors (Lipinski definition) is 7. The molecule has 0 aliphatic heterocycles. The molecular formula is C15H12N2O7. The molecule has 0 radical (unpaired) electrons. The number of ketones is 1. The van der Waals surface area contributed by atoms with E-state index in [1.54, 1.807) is 18.2 Å². The summed E-state index contributed by atoms with van der Waals surface area (Å²) in [5.74, 6) is -5.16. The van der Waals surface area contributed by atoms with Gasteiger partial charge in [0.25, 0.3) is 5.88 Å². The van der Waals surface area contributed by atoms with Gasteiger partial charge in [0.2, 0.25) is 23.4 Å². The second-order valence-corrected chi connectivity index (χ2v) is 4.92. The van der Waals surface area contributed by atoms with Crippen molar-refractivity contribution < 1.29 is 35.5 Å². The van der Waals surface area contributed by atoms with Gasteiger partial charge in [-0.05, 0) is 0 Å². The van der Waals surface area contributed by atoms with Gasteiger partial charge < -0.3 is 30.7 Å². The first-order chi connectivity index (χ1) is 11.3. The van der Waals surface area contributed by atoms with Crippen LogP contribution in [0.1, 0.15) is 15.9 Å². The number of rotatable bonds is 3. The molecular weight excluding hydrogens is 320 g/mol. The molecule has 2 aromatic heterocycles. The van der Waals surface area contributed by atoms with Crippen LogP contribution in [0, 0.1) is 0 Å². The fourth-order valence-electron chi connectivity index (χ4n) is 2.37. The van der Waals surface area contributed by atoms with Crippen molar-refractivity contribution in [1.82, 2.24) is 9.30 Å². The number of nitrogens with zero attached hydrogens (tertiary/aromatic N) is 2. The van der Waals surface area contributed by atoms with Crippen molar-refractivity contribution in [2.24, 2.45) is 0 Å². The summed E-state index contributed by atoms with van der Waals surface area (Å²) in [7, 11) is 0. The summed E-state index contributed by atoms with van der Waals surface area (Å²) in [6, 6.07) is 8.42.